The van der Waals surface area contributed by atoms with Gasteiger partial charge in [-0.1, -0.05) is 31.5 Å². The number of benzene rings is 2. The number of hydrogen-bond acceptors (Lipinski definition) is 4. The van der Waals surface area contributed by atoms with Crippen molar-refractivity contribution in [3.63, 3.8) is 0 Å². The van der Waals surface area contributed by atoms with Crippen molar-refractivity contribution in [3.05, 3.63) is 47.0 Å². The van der Waals surface area contributed by atoms with Crippen molar-refractivity contribution in [2.24, 2.45) is 5.92 Å². The molecule has 0 heterocycles. The number of amides is 1. The normalized spacial score (nSPS) is 11.5. The fourth-order valence-electron chi connectivity index (χ4n) is 2.15. The van der Waals surface area contributed by atoms with Gasteiger partial charge in [0.2, 0.25) is 5.91 Å². The minimum absolute atomic E-state index is 0.0636. The van der Waals surface area contributed by atoms with Gasteiger partial charge in [-0.3, -0.25) is 9.52 Å². The number of carbonyl (C=O) groups excluding carboxylic acids is 1. The standard InChI is InChI=1S/C18H21ClN2O3S2/c1-11(2)18(22)20-16-10-13(8-9-17(16)25-4)26(23,24)21-15-7-5-6-14(19)12(15)3/h5-11,21H,1-4H3,(H,20,22). The molecule has 2 aromatic carbocycles. The van der Waals surface area contributed by atoms with Gasteiger partial charge in [0.05, 0.1) is 16.3 Å². The van der Waals surface area contributed by atoms with Crippen LogP contribution in [0.4, 0.5) is 11.4 Å². The van der Waals surface area contributed by atoms with Crippen molar-refractivity contribution in [2.45, 2.75) is 30.6 Å². The van der Waals surface area contributed by atoms with Crippen LogP contribution in [0, 0.1) is 12.8 Å². The summed E-state index contributed by atoms with van der Waals surface area (Å²) in [7, 11) is -3.83. The van der Waals surface area contributed by atoms with Crippen LogP contribution in [0.3, 0.4) is 0 Å². The smallest absolute Gasteiger partial charge is 0.261 e. The number of thioether (sulfide) groups is 1. The Morgan fingerprint density at radius 3 is 2.46 bits per heavy atom. The highest BCUT2D eigenvalue weighted by molar-refractivity contribution is 7.98. The second kappa shape index (κ2) is 8.33. The van der Waals surface area contributed by atoms with Crippen molar-refractivity contribution in [1.29, 1.82) is 0 Å². The molecule has 0 radical (unpaired) electrons. The van der Waals surface area contributed by atoms with E-state index in [1.165, 1.54) is 23.9 Å². The molecule has 0 fully saturated rings. The topological polar surface area (TPSA) is 75.3 Å². The maximum atomic E-state index is 12.8. The minimum atomic E-state index is -3.83. The number of sulfonamides is 1. The van der Waals surface area contributed by atoms with Crippen LogP contribution in [0.1, 0.15) is 19.4 Å². The third-order valence-corrected chi connectivity index (χ3v) is 6.34. The number of rotatable bonds is 6. The molecule has 0 bridgehead atoms. The van der Waals surface area contributed by atoms with Crippen LogP contribution in [-0.4, -0.2) is 20.6 Å². The summed E-state index contributed by atoms with van der Waals surface area (Å²) in [4.78, 5) is 12.9. The van der Waals surface area contributed by atoms with Gasteiger partial charge in [-0.25, -0.2) is 8.42 Å². The zero-order valence-corrected chi connectivity index (χ0v) is 17.3. The van der Waals surface area contributed by atoms with Gasteiger partial charge < -0.3 is 5.32 Å². The second-order valence-electron chi connectivity index (χ2n) is 6.02. The first kappa shape index (κ1) is 20.6. The van der Waals surface area contributed by atoms with Gasteiger partial charge in [-0.15, -0.1) is 11.8 Å². The van der Waals surface area contributed by atoms with Crippen LogP contribution < -0.4 is 10.0 Å². The molecule has 0 unspecified atom stereocenters. The molecule has 0 atom stereocenters. The molecular formula is C18H21ClN2O3S2. The van der Waals surface area contributed by atoms with Crippen LogP contribution in [0.5, 0.6) is 0 Å². The SMILES string of the molecule is CSc1ccc(S(=O)(=O)Nc2cccc(Cl)c2C)cc1NC(=O)C(C)C. The van der Waals surface area contributed by atoms with E-state index in [2.05, 4.69) is 10.0 Å². The lowest BCUT2D eigenvalue weighted by Gasteiger charge is -2.15. The molecule has 2 aromatic rings. The van der Waals surface area contributed by atoms with Crippen molar-refractivity contribution >= 4 is 50.7 Å². The number of hydrogen-bond donors (Lipinski definition) is 2. The van der Waals surface area contributed by atoms with E-state index in [9.17, 15) is 13.2 Å². The van der Waals surface area contributed by atoms with Crippen LogP contribution >= 0.6 is 23.4 Å². The Balaban J connectivity index is 2.40. The molecule has 0 saturated carbocycles. The van der Waals surface area contributed by atoms with Gasteiger partial charge >= 0.3 is 0 Å². The Hall–Kier alpha value is -1.70. The molecule has 0 spiro atoms. The first-order valence-electron chi connectivity index (χ1n) is 7.92. The molecule has 0 aliphatic heterocycles. The van der Waals surface area contributed by atoms with E-state index in [1.807, 2.05) is 6.26 Å². The van der Waals surface area contributed by atoms with Crippen LogP contribution in [-0.2, 0) is 14.8 Å². The van der Waals surface area contributed by atoms with Gasteiger partial charge in [-0.2, -0.15) is 0 Å². The minimum Gasteiger partial charge on any atom is -0.325 e. The monoisotopic (exact) mass is 412 g/mol. The predicted octanol–water partition coefficient (Wildman–Crippen LogP) is 4.77. The number of nitrogens with one attached hydrogen (secondary N) is 2. The largest absolute Gasteiger partial charge is 0.325 e. The summed E-state index contributed by atoms with van der Waals surface area (Å²) in [6, 6.07) is 9.68. The molecule has 0 saturated heterocycles. The summed E-state index contributed by atoms with van der Waals surface area (Å²) in [5, 5.41) is 3.26. The quantitative estimate of drug-likeness (QED) is 0.670. The van der Waals surface area contributed by atoms with Crippen molar-refractivity contribution in [1.82, 2.24) is 0 Å². The molecular weight excluding hydrogens is 392 g/mol. The highest BCUT2D eigenvalue weighted by atomic mass is 35.5. The lowest BCUT2D eigenvalue weighted by molar-refractivity contribution is -0.118. The summed E-state index contributed by atoms with van der Waals surface area (Å²) in [6.07, 6.45) is 1.86. The Kier molecular flexibility index (Phi) is 6.60. The first-order chi connectivity index (χ1) is 12.2. The number of anilines is 2. The lowest BCUT2D eigenvalue weighted by atomic mass is 10.2. The maximum Gasteiger partial charge on any atom is 0.261 e. The zero-order chi connectivity index (χ0) is 19.5. The number of halogens is 1. The average molecular weight is 413 g/mol. The Morgan fingerprint density at radius 2 is 1.85 bits per heavy atom. The summed E-state index contributed by atoms with van der Waals surface area (Å²) in [6.45, 7) is 5.29. The number of carbonyl (C=O) groups is 1. The molecule has 0 aromatic heterocycles. The van der Waals surface area contributed by atoms with E-state index in [0.29, 0.717) is 22.0 Å². The van der Waals surface area contributed by atoms with E-state index >= 15 is 0 Å². The molecule has 8 heteroatoms. The maximum absolute atomic E-state index is 12.8. The molecule has 0 aliphatic rings. The van der Waals surface area contributed by atoms with Crippen LogP contribution in [0.25, 0.3) is 0 Å². The molecule has 140 valence electrons. The van der Waals surface area contributed by atoms with E-state index in [0.717, 1.165) is 4.90 Å². The van der Waals surface area contributed by atoms with Gasteiger partial charge in [0.15, 0.2) is 0 Å². The summed E-state index contributed by atoms with van der Waals surface area (Å²) in [5.74, 6) is -0.384. The molecule has 26 heavy (non-hydrogen) atoms. The van der Waals surface area contributed by atoms with Crippen LogP contribution in [0.2, 0.25) is 5.02 Å². The third kappa shape index (κ3) is 4.72. The lowest BCUT2D eigenvalue weighted by Crippen LogP contribution is -2.19. The first-order valence-corrected chi connectivity index (χ1v) is 11.0. The molecule has 0 aliphatic carbocycles. The molecule has 2 rings (SSSR count). The summed E-state index contributed by atoms with van der Waals surface area (Å²) in [5.41, 5.74) is 1.54. The average Bonchev–Trinajstić information content (AvgIpc) is 2.58. The highest BCUT2D eigenvalue weighted by Crippen LogP contribution is 2.30. The van der Waals surface area contributed by atoms with Gasteiger partial charge in [0, 0.05) is 15.8 Å². The van der Waals surface area contributed by atoms with Gasteiger partial charge in [0.25, 0.3) is 10.0 Å². The molecule has 2 N–H and O–H groups in total. The summed E-state index contributed by atoms with van der Waals surface area (Å²) >= 11 is 7.48. The van der Waals surface area contributed by atoms with Gasteiger partial charge in [0.1, 0.15) is 0 Å². The fourth-order valence-corrected chi connectivity index (χ4v) is 4.01. The predicted molar refractivity (Wildman–Crippen MR) is 109 cm³/mol. The fraction of sp³-hybridized carbons (Fsp3) is 0.278. The van der Waals surface area contributed by atoms with Crippen molar-refractivity contribution in [2.75, 3.05) is 16.3 Å². The van der Waals surface area contributed by atoms with Crippen LogP contribution in [0.15, 0.2) is 46.2 Å². The van der Waals surface area contributed by atoms with Crippen molar-refractivity contribution < 1.29 is 13.2 Å². The zero-order valence-electron chi connectivity index (χ0n) is 15.0. The Morgan fingerprint density at radius 1 is 1.15 bits per heavy atom. The molecule has 1 amide bonds. The highest BCUT2D eigenvalue weighted by Gasteiger charge is 2.19. The molecule has 5 nitrogen and oxygen atoms in total. The van der Waals surface area contributed by atoms with E-state index in [1.54, 1.807) is 45.0 Å². The van der Waals surface area contributed by atoms with E-state index in [-0.39, 0.29) is 16.7 Å². The summed E-state index contributed by atoms with van der Waals surface area (Å²) < 4.78 is 28.1. The third-order valence-electron chi connectivity index (χ3n) is 3.78. The van der Waals surface area contributed by atoms with E-state index < -0.39 is 10.0 Å². The van der Waals surface area contributed by atoms with E-state index in [4.69, 9.17) is 11.6 Å². The Labute approximate surface area is 163 Å². The second-order valence-corrected chi connectivity index (χ2v) is 8.96. The van der Waals surface area contributed by atoms with Crippen molar-refractivity contribution in [3.8, 4) is 0 Å². The van der Waals surface area contributed by atoms with Gasteiger partial charge in [-0.05, 0) is 49.1 Å². The Bertz CT molecular complexity index is 928.